The van der Waals surface area contributed by atoms with Crippen molar-refractivity contribution in [2.45, 2.75) is 46.0 Å². The van der Waals surface area contributed by atoms with E-state index in [-0.39, 0.29) is 0 Å². The molecular weight excluding hydrogens is 305 g/mol. The van der Waals surface area contributed by atoms with Gasteiger partial charge in [0.2, 0.25) is 0 Å². The maximum atomic E-state index is 6.38. The van der Waals surface area contributed by atoms with E-state index in [1.165, 1.54) is 25.7 Å². The Kier molecular flexibility index (Phi) is 6.43. The number of anilines is 2. The van der Waals surface area contributed by atoms with Gasteiger partial charge in [0.05, 0.1) is 10.0 Å². The standard InChI is InChI=1S/C16H25Cl2N3/c1-3-8-19-15-13(17)11-14(18)16(20-15)21-9-5-6-12(4-2)7-10-21/h11-12H,3-10H2,1-2H3,(H,19,20). The fourth-order valence-corrected chi connectivity index (χ4v) is 3.38. The molecule has 0 bridgehead atoms. The van der Waals surface area contributed by atoms with E-state index >= 15 is 0 Å². The van der Waals surface area contributed by atoms with Crippen LogP contribution >= 0.6 is 23.2 Å². The molecule has 0 saturated carbocycles. The topological polar surface area (TPSA) is 28.2 Å². The molecular formula is C16H25Cl2N3. The minimum Gasteiger partial charge on any atom is -0.369 e. The molecule has 2 rings (SSSR count). The van der Waals surface area contributed by atoms with E-state index in [1.54, 1.807) is 0 Å². The molecule has 0 aliphatic carbocycles. The molecule has 3 nitrogen and oxygen atoms in total. The number of nitrogens with zero attached hydrogens (tertiary/aromatic N) is 2. The van der Waals surface area contributed by atoms with E-state index in [0.717, 1.165) is 43.6 Å². The van der Waals surface area contributed by atoms with Crippen LogP contribution in [0, 0.1) is 5.92 Å². The van der Waals surface area contributed by atoms with Crippen LogP contribution in [0.1, 0.15) is 46.0 Å². The number of halogens is 2. The molecule has 0 amide bonds. The highest BCUT2D eigenvalue weighted by atomic mass is 35.5. The number of aromatic nitrogens is 1. The third kappa shape index (κ3) is 4.40. The Morgan fingerprint density at radius 2 is 2.05 bits per heavy atom. The lowest BCUT2D eigenvalue weighted by atomic mass is 9.98. The molecule has 1 aromatic heterocycles. The molecule has 5 heteroatoms. The number of hydrogen-bond acceptors (Lipinski definition) is 3. The Balaban J connectivity index is 2.17. The molecule has 1 aliphatic rings. The smallest absolute Gasteiger partial charge is 0.149 e. The van der Waals surface area contributed by atoms with Gasteiger partial charge in [-0.3, -0.25) is 0 Å². The van der Waals surface area contributed by atoms with Gasteiger partial charge in [-0.25, -0.2) is 4.98 Å². The van der Waals surface area contributed by atoms with E-state index in [9.17, 15) is 0 Å². The van der Waals surface area contributed by atoms with Crippen LogP contribution in [0.4, 0.5) is 11.6 Å². The summed E-state index contributed by atoms with van der Waals surface area (Å²) in [5.41, 5.74) is 0. The molecule has 1 aliphatic heterocycles. The molecule has 2 heterocycles. The van der Waals surface area contributed by atoms with Crippen molar-refractivity contribution < 1.29 is 0 Å². The number of rotatable bonds is 5. The summed E-state index contributed by atoms with van der Waals surface area (Å²) in [6.45, 7) is 7.32. The monoisotopic (exact) mass is 329 g/mol. The molecule has 1 unspecified atom stereocenters. The van der Waals surface area contributed by atoms with E-state index < -0.39 is 0 Å². The molecule has 1 atom stereocenters. The quantitative estimate of drug-likeness (QED) is 0.801. The number of hydrogen-bond donors (Lipinski definition) is 1. The molecule has 21 heavy (non-hydrogen) atoms. The Labute approximate surface area is 138 Å². The maximum absolute atomic E-state index is 6.38. The molecule has 118 valence electrons. The van der Waals surface area contributed by atoms with Crippen LogP contribution in [-0.2, 0) is 0 Å². The largest absolute Gasteiger partial charge is 0.369 e. The highest BCUT2D eigenvalue weighted by Crippen LogP contribution is 2.33. The van der Waals surface area contributed by atoms with Gasteiger partial charge in [-0.1, -0.05) is 43.5 Å². The highest BCUT2D eigenvalue weighted by Gasteiger charge is 2.20. The van der Waals surface area contributed by atoms with Crippen LogP contribution in [-0.4, -0.2) is 24.6 Å². The first-order valence-corrected chi connectivity index (χ1v) is 8.76. The summed E-state index contributed by atoms with van der Waals surface area (Å²) in [5.74, 6) is 2.45. The second-order valence-electron chi connectivity index (χ2n) is 5.74. The van der Waals surface area contributed by atoms with Crippen molar-refractivity contribution >= 4 is 34.8 Å². The molecule has 0 radical (unpaired) electrons. The Hall–Kier alpha value is -0.670. The normalized spacial score (nSPS) is 19.4. The van der Waals surface area contributed by atoms with Gasteiger partial charge in [-0.05, 0) is 37.7 Å². The SMILES string of the molecule is CCCNc1nc(N2CCCC(CC)CC2)c(Cl)cc1Cl. The summed E-state index contributed by atoms with van der Waals surface area (Å²) in [4.78, 5) is 6.99. The van der Waals surface area contributed by atoms with E-state index in [2.05, 4.69) is 29.0 Å². The second kappa shape index (κ2) is 8.09. The first-order valence-electron chi connectivity index (χ1n) is 8.00. The molecule has 1 fully saturated rings. The summed E-state index contributed by atoms with van der Waals surface area (Å²) in [6.07, 6.45) is 6.03. The van der Waals surface area contributed by atoms with Crippen molar-refractivity contribution in [2.24, 2.45) is 5.92 Å². The lowest BCUT2D eigenvalue weighted by molar-refractivity contribution is 0.459. The van der Waals surface area contributed by atoms with Crippen molar-refractivity contribution in [3.05, 3.63) is 16.1 Å². The lowest BCUT2D eigenvalue weighted by Gasteiger charge is -2.24. The highest BCUT2D eigenvalue weighted by molar-refractivity contribution is 6.37. The molecule has 0 spiro atoms. The Morgan fingerprint density at radius 1 is 1.24 bits per heavy atom. The minimum absolute atomic E-state index is 0.596. The van der Waals surface area contributed by atoms with Crippen LogP contribution in [0.25, 0.3) is 0 Å². The van der Waals surface area contributed by atoms with Crippen LogP contribution in [0.2, 0.25) is 10.0 Å². The number of nitrogens with one attached hydrogen (secondary N) is 1. The summed E-state index contributed by atoms with van der Waals surface area (Å²) in [5, 5.41) is 4.52. The minimum atomic E-state index is 0.596. The predicted octanol–water partition coefficient (Wildman–Crippen LogP) is 5.23. The Morgan fingerprint density at radius 3 is 2.76 bits per heavy atom. The zero-order valence-corrected chi connectivity index (χ0v) is 14.5. The first-order chi connectivity index (χ1) is 10.2. The van der Waals surface area contributed by atoms with Crippen LogP contribution in [0.3, 0.4) is 0 Å². The van der Waals surface area contributed by atoms with E-state index in [4.69, 9.17) is 23.2 Å². The third-order valence-corrected chi connectivity index (χ3v) is 4.74. The molecule has 1 N–H and O–H groups in total. The van der Waals surface area contributed by atoms with Crippen LogP contribution < -0.4 is 10.2 Å². The lowest BCUT2D eigenvalue weighted by Crippen LogP contribution is -2.26. The first kappa shape index (κ1) is 16.7. The van der Waals surface area contributed by atoms with Crippen molar-refractivity contribution in [2.75, 3.05) is 29.9 Å². The molecule has 0 aromatic carbocycles. The average Bonchev–Trinajstić information content (AvgIpc) is 2.72. The summed E-state index contributed by atoms with van der Waals surface area (Å²) in [6, 6.07) is 1.81. The second-order valence-corrected chi connectivity index (χ2v) is 6.56. The van der Waals surface area contributed by atoms with Crippen LogP contribution in [0.5, 0.6) is 0 Å². The van der Waals surface area contributed by atoms with Gasteiger partial charge in [0.15, 0.2) is 0 Å². The van der Waals surface area contributed by atoms with E-state index in [1.807, 2.05) is 6.07 Å². The van der Waals surface area contributed by atoms with Crippen molar-refractivity contribution in [3.63, 3.8) is 0 Å². The van der Waals surface area contributed by atoms with Crippen molar-refractivity contribution in [3.8, 4) is 0 Å². The molecule has 1 saturated heterocycles. The van der Waals surface area contributed by atoms with Gasteiger partial charge in [0.25, 0.3) is 0 Å². The van der Waals surface area contributed by atoms with Crippen molar-refractivity contribution in [1.82, 2.24) is 4.98 Å². The summed E-state index contributed by atoms with van der Waals surface area (Å²) in [7, 11) is 0. The maximum Gasteiger partial charge on any atom is 0.149 e. The predicted molar refractivity (Wildman–Crippen MR) is 92.9 cm³/mol. The zero-order chi connectivity index (χ0) is 15.2. The third-order valence-electron chi connectivity index (χ3n) is 4.18. The van der Waals surface area contributed by atoms with Gasteiger partial charge >= 0.3 is 0 Å². The summed E-state index contributed by atoms with van der Waals surface area (Å²) < 4.78 is 0. The van der Waals surface area contributed by atoms with Gasteiger partial charge in [-0.15, -0.1) is 0 Å². The van der Waals surface area contributed by atoms with Crippen molar-refractivity contribution in [1.29, 1.82) is 0 Å². The van der Waals surface area contributed by atoms with Gasteiger partial charge in [-0.2, -0.15) is 0 Å². The fourth-order valence-electron chi connectivity index (χ4n) is 2.83. The average molecular weight is 330 g/mol. The number of pyridine rings is 1. The fraction of sp³-hybridized carbons (Fsp3) is 0.688. The summed E-state index contributed by atoms with van der Waals surface area (Å²) >= 11 is 12.6. The van der Waals surface area contributed by atoms with Gasteiger partial charge in [0, 0.05) is 19.6 Å². The molecule has 1 aromatic rings. The van der Waals surface area contributed by atoms with E-state index in [0.29, 0.717) is 10.0 Å². The van der Waals surface area contributed by atoms with Gasteiger partial charge < -0.3 is 10.2 Å². The van der Waals surface area contributed by atoms with Crippen LogP contribution in [0.15, 0.2) is 6.07 Å². The zero-order valence-electron chi connectivity index (χ0n) is 13.0. The van der Waals surface area contributed by atoms with Gasteiger partial charge in [0.1, 0.15) is 11.6 Å². The Bertz CT molecular complexity index is 465.